The van der Waals surface area contributed by atoms with Crippen LogP contribution in [0.15, 0.2) is 30.5 Å². The Labute approximate surface area is 90.2 Å². The molecule has 4 heteroatoms. The lowest BCUT2D eigenvalue weighted by molar-refractivity contribution is 0.112. The lowest BCUT2D eigenvalue weighted by Crippen LogP contribution is -1.73. The van der Waals surface area contributed by atoms with Gasteiger partial charge in [-0.05, 0) is 12.1 Å². The smallest absolute Gasteiger partial charge is 0.161 e. The van der Waals surface area contributed by atoms with Gasteiger partial charge < -0.3 is 0 Å². The number of hydrogen-bond donors (Lipinski definition) is 0. The van der Waals surface area contributed by atoms with Crippen molar-refractivity contribution >= 4 is 29.2 Å². The number of hydrogen-bond acceptors (Lipinski definition) is 3. The summed E-state index contributed by atoms with van der Waals surface area (Å²) in [6, 6.07) is 7.38. The highest BCUT2D eigenvalue weighted by Gasteiger charge is 2.03. The van der Waals surface area contributed by atoms with Gasteiger partial charge in [0.2, 0.25) is 0 Å². The van der Waals surface area contributed by atoms with Crippen molar-refractivity contribution in [3.05, 3.63) is 40.4 Å². The molecule has 1 aromatic heterocycles. The Hall–Kier alpha value is -1.19. The van der Waals surface area contributed by atoms with Crippen LogP contribution in [0.4, 0.5) is 0 Å². The number of aromatic nitrogens is 1. The molecule has 0 N–H and O–H groups in total. The fraction of sp³-hybridized carbons (Fsp3) is 0. The van der Waals surface area contributed by atoms with E-state index in [1.807, 2.05) is 12.1 Å². The van der Waals surface area contributed by atoms with Gasteiger partial charge in [0.05, 0.1) is 4.88 Å². The van der Waals surface area contributed by atoms with E-state index in [1.54, 1.807) is 18.3 Å². The van der Waals surface area contributed by atoms with Crippen molar-refractivity contribution in [2.24, 2.45) is 0 Å². The average molecular weight is 224 g/mol. The number of thiazole rings is 1. The van der Waals surface area contributed by atoms with E-state index in [0.717, 1.165) is 16.9 Å². The molecule has 0 spiro atoms. The maximum absolute atomic E-state index is 10.5. The van der Waals surface area contributed by atoms with Crippen LogP contribution in [-0.2, 0) is 0 Å². The van der Waals surface area contributed by atoms with E-state index in [4.69, 9.17) is 11.6 Å². The predicted molar refractivity (Wildman–Crippen MR) is 57.9 cm³/mol. The van der Waals surface area contributed by atoms with Gasteiger partial charge in [-0.15, -0.1) is 11.3 Å². The Morgan fingerprint density at radius 3 is 2.57 bits per heavy atom. The van der Waals surface area contributed by atoms with Crippen molar-refractivity contribution in [1.29, 1.82) is 0 Å². The second-order valence-corrected chi connectivity index (χ2v) is 4.19. The molecule has 1 heterocycles. The van der Waals surface area contributed by atoms with Crippen LogP contribution in [0.2, 0.25) is 5.02 Å². The van der Waals surface area contributed by atoms with E-state index in [9.17, 15) is 4.79 Å². The van der Waals surface area contributed by atoms with Crippen molar-refractivity contribution in [1.82, 2.24) is 4.98 Å². The van der Waals surface area contributed by atoms with Gasteiger partial charge in [-0.2, -0.15) is 0 Å². The van der Waals surface area contributed by atoms with Gasteiger partial charge in [-0.25, -0.2) is 4.98 Å². The molecule has 1 aromatic carbocycles. The molecule has 0 atom stereocenters. The zero-order valence-electron chi connectivity index (χ0n) is 7.11. The first-order valence-corrected chi connectivity index (χ1v) is 5.16. The molecule has 70 valence electrons. The largest absolute Gasteiger partial charge is 0.297 e. The topological polar surface area (TPSA) is 30.0 Å². The van der Waals surface area contributed by atoms with E-state index < -0.39 is 0 Å². The summed E-state index contributed by atoms with van der Waals surface area (Å²) in [5.74, 6) is 0. The number of carbonyl (C=O) groups is 1. The van der Waals surface area contributed by atoms with Crippen LogP contribution in [0.3, 0.4) is 0 Å². The first kappa shape index (κ1) is 9.37. The van der Waals surface area contributed by atoms with Crippen LogP contribution in [0.1, 0.15) is 9.67 Å². The lowest BCUT2D eigenvalue weighted by Gasteiger charge is -1.94. The second kappa shape index (κ2) is 3.90. The van der Waals surface area contributed by atoms with Crippen LogP contribution in [0.25, 0.3) is 10.6 Å². The first-order valence-electron chi connectivity index (χ1n) is 3.96. The summed E-state index contributed by atoms with van der Waals surface area (Å²) < 4.78 is 0. The number of rotatable bonds is 2. The number of halogens is 1. The summed E-state index contributed by atoms with van der Waals surface area (Å²) in [6.07, 6.45) is 2.37. The Morgan fingerprint density at radius 1 is 1.29 bits per heavy atom. The van der Waals surface area contributed by atoms with Crippen molar-refractivity contribution in [2.45, 2.75) is 0 Å². The van der Waals surface area contributed by atoms with Gasteiger partial charge >= 0.3 is 0 Å². The van der Waals surface area contributed by atoms with Gasteiger partial charge in [0.25, 0.3) is 0 Å². The molecular formula is C10H6ClNOS. The Kier molecular flexibility index (Phi) is 2.61. The monoisotopic (exact) mass is 223 g/mol. The molecule has 0 fully saturated rings. The molecule has 0 aliphatic heterocycles. The zero-order chi connectivity index (χ0) is 9.97. The molecule has 0 radical (unpaired) electrons. The molecule has 2 aromatic rings. The molecule has 0 saturated heterocycles. The number of benzene rings is 1. The Morgan fingerprint density at radius 2 is 2.00 bits per heavy atom. The SMILES string of the molecule is O=Cc1cnc(-c2ccc(Cl)cc2)s1. The maximum atomic E-state index is 10.5. The Balaban J connectivity index is 2.39. The third kappa shape index (κ3) is 1.84. The van der Waals surface area contributed by atoms with E-state index >= 15 is 0 Å². The minimum atomic E-state index is 0.634. The molecule has 0 bridgehead atoms. The maximum Gasteiger partial charge on any atom is 0.161 e. The fourth-order valence-electron chi connectivity index (χ4n) is 1.07. The van der Waals surface area contributed by atoms with Gasteiger partial charge in [-0.1, -0.05) is 23.7 Å². The average Bonchev–Trinajstić information content (AvgIpc) is 2.67. The number of aldehydes is 1. The van der Waals surface area contributed by atoms with Crippen molar-refractivity contribution in [3.63, 3.8) is 0 Å². The predicted octanol–water partition coefficient (Wildman–Crippen LogP) is 3.28. The van der Waals surface area contributed by atoms with Crippen LogP contribution in [0.5, 0.6) is 0 Å². The van der Waals surface area contributed by atoms with Crippen LogP contribution >= 0.6 is 22.9 Å². The van der Waals surface area contributed by atoms with E-state index in [-0.39, 0.29) is 0 Å². The van der Waals surface area contributed by atoms with Gasteiger partial charge in [0.1, 0.15) is 5.01 Å². The van der Waals surface area contributed by atoms with Gasteiger partial charge in [-0.3, -0.25) is 4.79 Å². The number of nitrogens with zero attached hydrogens (tertiary/aromatic N) is 1. The molecule has 14 heavy (non-hydrogen) atoms. The first-order chi connectivity index (χ1) is 6.79. The molecule has 0 saturated carbocycles. The summed E-state index contributed by atoms with van der Waals surface area (Å²) >= 11 is 7.13. The van der Waals surface area contributed by atoms with E-state index in [0.29, 0.717) is 9.90 Å². The second-order valence-electron chi connectivity index (χ2n) is 2.69. The number of carbonyl (C=O) groups excluding carboxylic acids is 1. The molecule has 2 rings (SSSR count). The Bertz CT molecular complexity index is 449. The minimum Gasteiger partial charge on any atom is -0.297 e. The molecule has 0 unspecified atom stereocenters. The van der Waals surface area contributed by atoms with Crippen molar-refractivity contribution in [2.75, 3.05) is 0 Å². The normalized spacial score (nSPS) is 10.1. The molecule has 0 aliphatic rings. The summed E-state index contributed by atoms with van der Waals surface area (Å²) in [7, 11) is 0. The van der Waals surface area contributed by atoms with E-state index in [1.165, 1.54) is 11.3 Å². The highest BCUT2D eigenvalue weighted by Crippen LogP contribution is 2.25. The molecule has 0 amide bonds. The fourth-order valence-corrected chi connectivity index (χ4v) is 1.93. The lowest BCUT2D eigenvalue weighted by atomic mass is 10.2. The summed E-state index contributed by atoms with van der Waals surface area (Å²) in [4.78, 5) is 15.2. The zero-order valence-corrected chi connectivity index (χ0v) is 8.68. The van der Waals surface area contributed by atoms with Crippen molar-refractivity contribution in [3.8, 4) is 10.6 Å². The summed E-state index contributed by atoms with van der Waals surface area (Å²) in [5.41, 5.74) is 0.979. The van der Waals surface area contributed by atoms with Crippen LogP contribution in [0, 0.1) is 0 Å². The summed E-state index contributed by atoms with van der Waals surface area (Å²) in [6.45, 7) is 0. The summed E-state index contributed by atoms with van der Waals surface area (Å²) in [5, 5.41) is 1.53. The third-order valence-corrected chi connectivity index (χ3v) is 2.95. The van der Waals surface area contributed by atoms with E-state index in [2.05, 4.69) is 4.98 Å². The van der Waals surface area contributed by atoms with Crippen LogP contribution in [-0.4, -0.2) is 11.3 Å². The van der Waals surface area contributed by atoms with Crippen molar-refractivity contribution < 1.29 is 4.79 Å². The molecule has 2 nitrogen and oxygen atoms in total. The quantitative estimate of drug-likeness (QED) is 0.732. The third-order valence-electron chi connectivity index (χ3n) is 1.73. The van der Waals surface area contributed by atoms with Gasteiger partial charge in [0.15, 0.2) is 6.29 Å². The molecule has 0 aliphatic carbocycles. The molecular weight excluding hydrogens is 218 g/mol. The van der Waals surface area contributed by atoms with Gasteiger partial charge in [0, 0.05) is 16.8 Å². The standard InChI is InChI=1S/C10H6ClNOS/c11-8-3-1-7(2-4-8)10-12-5-9(6-13)14-10/h1-6H. The highest BCUT2D eigenvalue weighted by molar-refractivity contribution is 7.16. The minimum absolute atomic E-state index is 0.634. The highest BCUT2D eigenvalue weighted by atomic mass is 35.5. The van der Waals surface area contributed by atoms with Crippen LogP contribution < -0.4 is 0 Å².